The summed E-state index contributed by atoms with van der Waals surface area (Å²) in [5, 5.41) is 3.53. The molecule has 1 N–H and O–H groups in total. The van der Waals surface area contributed by atoms with Gasteiger partial charge in [0.25, 0.3) is 0 Å². The lowest BCUT2D eigenvalue weighted by molar-refractivity contribution is 0.228. The predicted octanol–water partition coefficient (Wildman–Crippen LogP) is 4.51. The second-order valence-electron chi connectivity index (χ2n) is 7.32. The Morgan fingerprint density at radius 2 is 1.74 bits per heavy atom. The summed E-state index contributed by atoms with van der Waals surface area (Å²) in [5.41, 5.74) is 3.15. The van der Waals surface area contributed by atoms with E-state index in [1.54, 1.807) is 0 Å². The fourth-order valence-corrected chi connectivity index (χ4v) is 3.83. The minimum Gasteiger partial charge on any atom is -0.356 e. The minimum atomic E-state index is -0.203. The Morgan fingerprint density at radius 3 is 2.56 bits per heavy atom. The van der Waals surface area contributed by atoms with E-state index in [1.807, 2.05) is 30.3 Å². The van der Waals surface area contributed by atoms with Crippen molar-refractivity contribution in [2.75, 3.05) is 31.5 Å². The standard InChI is InChI=1S/C22H27FN4/c23-19-11-9-18(10-12-19)17-27-21-8-3-2-7-20(21)25-22(27)24-13-6-16-26-14-4-1-5-15-26/h2-3,7-12H,1,4-6,13-17H2,(H,24,25). The highest BCUT2D eigenvalue weighted by Crippen LogP contribution is 2.21. The molecule has 2 aromatic carbocycles. The second kappa shape index (κ2) is 8.53. The highest BCUT2D eigenvalue weighted by Gasteiger charge is 2.12. The molecule has 0 bridgehead atoms. The molecule has 0 spiro atoms. The molecule has 27 heavy (non-hydrogen) atoms. The first kappa shape index (κ1) is 18.0. The molecular weight excluding hydrogens is 339 g/mol. The van der Waals surface area contributed by atoms with Gasteiger partial charge in [-0.25, -0.2) is 9.37 Å². The quantitative estimate of drug-likeness (QED) is 0.625. The Balaban J connectivity index is 1.45. The molecule has 5 heteroatoms. The Morgan fingerprint density at radius 1 is 0.963 bits per heavy atom. The van der Waals surface area contributed by atoms with Crippen molar-refractivity contribution < 1.29 is 4.39 Å². The number of benzene rings is 2. The van der Waals surface area contributed by atoms with Crippen LogP contribution in [0.1, 0.15) is 31.2 Å². The van der Waals surface area contributed by atoms with Crippen molar-refractivity contribution in [2.24, 2.45) is 0 Å². The lowest BCUT2D eigenvalue weighted by atomic mass is 10.1. The normalized spacial score (nSPS) is 15.3. The van der Waals surface area contributed by atoms with Gasteiger partial charge in [-0.3, -0.25) is 0 Å². The number of halogens is 1. The van der Waals surface area contributed by atoms with Crippen molar-refractivity contribution in [3.8, 4) is 0 Å². The second-order valence-corrected chi connectivity index (χ2v) is 7.32. The van der Waals surface area contributed by atoms with Crippen molar-refractivity contribution >= 4 is 17.0 Å². The van der Waals surface area contributed by atoms with E-state index in [2.05, 4.69) is 20.9 Å². The van der Waals surface area contributed by atoms with Gasteiger partial charge in [-0.05, 0) is 68.7 Å². The molecule has 1 aliphatic heterocycles. The van der Waals surface area contributed by atoms with Crippen LogP contribution in [-0.2, 0) is 6.54 Å². The minimum absolute atomic E-state index is 0.203. The van der Waals surface area contributed by atoms with E-state index in [-0.39, 0.29) is 5.82 Å². The summed E-state index contributed by atoms with van der Waals surface area (Å²) in [5.74, 6) is 0.685. The number of piperidine rings is 1. The Labute approximate surface area is 160 Å². The van der Waals surface area contributed by atoms with Crippen LogP contribution in [0.15, 0.2) is 48.5 Å². The summed E-state index contributed by atoms with van der Waals surface area (Å²) in [6.07, 6.45) is 5.16. The largest absolute Gasteiger partial charge is 0.356 e. The molecule has 142 valence electrons. The van der Waals surface area contributed by atoms with Crippen LogP contribution in [0.3, 0.4) is 0 Å². The van der Waals surface area contributed by atoms with E-state index in [1.165, 1.54) is 44.5 Å². The fourth-order valence-electron chi connectivity index (χ4n) is 3.83. The van der Waals surface area contributed by atoms with Crippen molar-refractivity contribution in [1.82, 2.24) is 14.5 Å². The fraction of sp³-hybridized carbons (Fsp3) is 0.409. The van der Waals surface area contributed by atoms with E-state index in [9.17, 15) is 4.39 Å². The number of hydrogen-bond acceptors (Lipinski definition) is 3. The summed E-state index contributed by atoms with van der Waals surface area (Å²) in [4.78, 5) is 7.34. The van der Waals surface area contributed by atoms with Gasteiger partial charge >= 0.3 is 0 Å². The average Bonchev–Trinajstić information content (AvgIpc) is 3.05. The maximum atomic E-state index is 13.2. The van der Waals surface area contributed by atoms with Crippen LogP contribution in [0.4, 0.5) is 10.3 Å². The van der Waals surface area contributed by atoms with Gasteiger partial charge in [-0.15, -0.1) is 0 Å². The molecular formula is C22H27FN4. The van der Waals surface area contributed by atoms with Crippen molar-refractivity contribution in [1.29, 1.82) is 0 Å². The zero-order valence-corrected chi connectivity index (χ0v) is 15.7. The lowest BCUT2D eigenvalue weighted by Gasteiger charge is -2.26. The van der Waals surface area contributed by atoms with Gasteiger partial charge in [-0.1, -0.05) is 30.7 Å². The van der Waals surface area contributed by atoms with Gasteiger partial charge in [0.15, 0.2) is 0 Å². The van der Waals surface area contributed by atoms with Gasteiger partial charge in [0.05, 0.1) is 17.6 Å². The van der Waals surface area contributed by atoms with Gasteiger partial charge < -0.3 is 14.8 Å². The summed E-state index contributed by atoms with van der Waals surface area (Å²) >= 11 is 0. The zero-order valence-electron chi connectivity index (χ0n) is 15.7. The average molecular weight is 366 g/mol. The van der Waals surface area contributed by atoms with E-state index in [4.69, 9.17) is 4.98 Å². The molecule has 0 atom stereocenters. The van der Waals surface area contributed by atoms with Crippen LogP contribution in [0.5, 0.6) is 0 Å². The maximum Gasteiger partial charge on any atom is 0.204 e. The number of anilines is 1. The summed E-state index contributed by atoms with van der Waals surface area (Å²) < 4.78 is 15.4. The van der Waals surface area contributed by atoms with Crippen LogP contribution in [0.2, 0.25) is 0 Å². The molecule has 2 heterocycles. The zero-order chi connectivity index (χ0) is 18.5. The number of aromatic nitrogens is 2. The molecule has 1 aliphatic rings. The first-order chi connectivity index (χ1) is 13.3. The van der Waals surface area contributed by atoms with Crippen LogP contribution < -0.4 is 5.32 Å². The Hall–Kier alpha value is -2.40. The summed E-state index contributed by atoms with van der Waals surface area (Å²) in [6.45, 7) is 5.20. The molecule has 1 aromatic heterocycles. The molecule has 1 saturated heterocycles. The van der Waals surface area contributed by atoms with E-state index < -0.39 is 0 Å². The number of nitrogens with zero attached hydrogens (tertiary/aromatic N) is 3. The van der Waals surface area contributed by atoms with Crippen molar-refractivity contribution in [2.45, 2.75) is 32.2 Å². The molecule has 0 saturated carbocycles. The third kappa shape index (κ3) is 4.48. The van der Waals surface area contributed by atoms with Gasteiger partial charge in [0, 0.05) is 6.54 Å². The Bertz CT molecular complexity index is 866. The monoisotopic (exact) mass is 366 g/mol. The maximum absolute atomic E-state index is 13.2. The SMILES string of the molecule is Fc1ccc(Cn2c(NCCCN3CCCCC3)nc3ccccc32)cc1. The smallest absolute Gasteiger partial charge is 0.204 e. The molecule has 1 fully saturated rings. The number of imidazole rings is 1. The number of nitrogens with one attached hydrogen (secondary N) is 1. The first-order valence-electron chi connectivity index (χ1n) is 9.95. The predicted molar refractivity (Wildman–Crippen MR) is 109 cm³/mol. The van der Waals surface area contributed by atoms with E-state index in [0.717, 1.165) is 42.1 Å². The van der Waals surface area contributed by atoms with Gasteiger partial charge in [-0.2, -0.15) is 0 Å². The highest BCUT2D eigenvalue weighted by atomic mass is 19.1. The molecule has 0 unspecified atom stereocenters. The third-order valence-corrected chi connectivity index (χ3v) is 5.29. The first-order valence-corrected chi connectivity index (χ1v) is 9.95. The van der Waals surface area contributed by atoms with E-state index in [0.29, 0.717) is 6.54 Å². The lowest BCUT2D eigenvalue weighted by Crippen LogP contribution is -2.31. The van der Waals surface area contributed by atoms with Crippen molar-refractivity contribution in [3.05, 3.63) is 59.9 Å². The van der Waals surface area contributed by atoms with Crippen molar-refractivity contribution in [3.63, 3.8) is 0 Å². The molecule has 4 nitrogen and oxygen atoms in total. The van der Waals surface area contributed by atoms with Crippen LogP contribution >= 0.6 is 0 Å². The summed E-state index contributed by atoms with van der Waals surface area (Å²) in [6, 6.07) is 14.9. The molecule has 4 rings (SSSR count). The number of para-hydroxylation sites is 2. The molecule has 0 aliphatic carbocycles. The topological polar surface area (TPSA) is 33.1 Å². The molecule has 0 radical (unpaired) electrons. The Kier molecular flexibility index (Phi) is 5.68. The van der Waals surface area contributed by atoms with Gasteiger partial charge in [0.1, 0.15) is 5.82 Å². The van der Waals surface area contributed by atoms with Crippen LogP contribution in [0, 0.1) is 5.82 Å². The highest BCUT2D eigenvalue weighted by molar-refractivity contribution is 5.78. The summed E-state index contributed by atoms with van der Waals surface area (Å²) in [7, 11) is 0. The van der Waals surface area contributed by atoms with Gasteiger partial charge in [0.2, 0.25) is 5.95 Å². The number of rotatable bonds is 7. The van der Waals surface area contributed by atoms with E-state index >= 15 is 0 Å². The third-order valence-electron chi connectivity index (χ3n) is 5.29. The van der Waals surface area contributed by atoms with Crippen LogP contribution in [-0.4, -0.2) is 40.6 Å². The number of hydrogen-bond donors (Lipinski definition) is 1. The molecule has 0 amide bonds. The van der Waals surface area contributed by atoms with Crippen LogP contribution in [0.25, 0.3) is 11.0 Å². The number of fused-ring (bicyclic) bond motifs is 1. The molecule has 3 aromatic rings. The number of likely N-dealkylation sites (tertiary alicyclic amines) is 1.